The lowest BCUT2D eigenvalue weighted by molar-refractivity contribution is -0.0259. The van der Waals surface area contributed by atoms with Gasteiger partial charge in [0.05, 0.1) is 6.61 Å². The minimum absolute atomic E-state index is 0.0333. The van der Waals surface area contributed by atoms with E-state index in [1.165, 1.54) is 0 Å². The van der Waals surface area contributed by atoms with Crippen LogP contribution in [0.1, 0.15) is 26.2 Å². The average Bonchev–Trinajstić information content (AvgIpc) is 2.40. The van der Waals surface area contributed by atoms with Crippen molar-refractivity contribution >= 4 is 0 Å². The van der Waals surface area contributed by atoms with Gasteiger partial charge in [-0.15, -0.1) is 0 Å². The van der Waals surface area contributed by atoms with Crippen molar-refractivity contribution in [2.45, 2.75) is 31.8 Å². The van der Waals surface area contributed by atoms with Crippen LogP contribution < -0.4 is 0 Å². The maximum Gasteiger partial charge on any atom is 0.133 e. The second-order valence-electron chi connectivity index (χ2n) is 4.20. The van der Waals surface area contributed by atoms with E-state index in [1.807, 2.05) is 6.92 Å². The van der Waals surface area contributed by atoms with Gasteiger partial charge in [0.25, 0.3) is 0 Å². The third-order valence-electron chi connectivity index (χ3n) is 2.66. The van der Waals surface area contributed by atoms with Crippen LogP contribution in [-0.2, 0) is 9.47 Å². The number of ether oxygens (including phenoxy) is 2. The summed E-state index contributed by atoms with van der Waals surface area (Å²) in [5.74, 6) is 0.917. The van der Waals surface area contributed by atoms with Crippen molar-refractivity contribution in [3.63, 3.8) is 0 Å². The maximum atomic E-state index is 13.0. The number of rotatable bonds is 2. The first-order valence-electron chi connectivity index (χ1n) is 4.89. The van der Waals surface area contributed by atoms with Gasteiger partial charge in [0.2, 0.25) is 0 Å². The Morgan fingerprint density at radius 2 is 2.36 bits per heavy atom. The Morgan fingerprint density at radius 3 is 3.07 bits per heavy atom. The molecule has 1 heterocycles. The monoisotopic (exact) mass is 198 g/mol. The van der Waals surface area contributed by atoms with Crippen molar-refractivity contribution in [2.75, 3.05) is 13.7 Å². The lowest BCUT2D eigenvalue weighted by atomic mass is 9.96. The van der Waals surface area contributed by atoms with Gasteiger partial charge in [0, 0.05) is 26.4 Å². The Labute approximate surface area is 83.4 Å². The third kappa shape index (κ3) is 1.69. The van der Waals surface area contributed by atoms with E-state index in [4.69, 9.17) is 9.47 Å². The van der Waals surface area contributed by atoms with Crippen LogP contribution in [0.4, 0.5) is 4.39 Å². The summed E-state index contributed by atoms with van der Waals surface area (Å²) in [4.78, 5) is 0. The molecule has 1 unspecified atom stereocenters. The van der Waals surface area contributed by atoms with Crippen molar-refractivity contribution in [1.82, 2.24) is 0 Å². The summed E-state index contributed by atoms with van der Waals surface area (Å²) >= 11 is 0. The number of halogens is 1. The molecular weight excluding hydrogens is 183 g/mol. The van der Waals surface area contributed by atoms with E-state index in [-0.39, 0.29) is 11.4 Å². The Bertz CT molecular complexity index is 306. The molecule has 0 saturated heterocycles. The second kappa shape index (κ2) is 3.39. The van der Waals surface area contributed by atoms with Crippen LogP contribution >= 0.6 is 0 Å². The number of allylic oxidation sites excluding steroid dienone is 3. The molecule has 0 aromatic rings. The van der Waals surface area contributed by atoms with E-state index in [2.05, 4.69) is 0 Å². The molecule has 2 rings (SSSR count). The zero-order valence-corrected chi connectivity index (χ0v) is 8.60. The van der Waals surface area contributed by atoms with Crippen molar-refractivity contribution in [1.29, 1.82) is 0 Å². The average molecular weight is 198 g/mol. The van der Waals surface area contributed by atoms with Crippen molar-refractivity contribution in [2.24, 2.45) is 0 Å². The van der Waals surface area contributed by atoms with Crippen LogP contribution in [0, 0.1) is 0 Å². The van der Waals surface area contributed by atoms with Crippen molar-refractivity contribution in [3.05, 3.63) is 23.2 Å². The van der Waals surface area contributed by atoms with Gasteiger partial charge in [-0.1, -0.05) is 0 Å². The smallest absolute Gasteiger partial charge is 0.133 e. The van der Waals surface area contributed by atoms with Crippen molar-refractivity contribution < 1.29 is 13.9 Å². The van der Waals surface area contributed by atoms with Crippen LogP contribution in [0.15, 0.2) is 23.2 Å². The van der Waals surface area contributed by atoms with Crippen molar-refractivity contribution in [3.8, 4) is 0 Å². The molecule has 78 valence electrons. The van der Waals surface area contributed by atoms with E-state index >= 15 is 0 Å². The van der Waals surface area contributed by atoms with E-state index in [9.17, 15) is 4.39 Å². The molecule has 0 spiro atoms. The fraction of sp³-hybridized carbons (Fsp3) is 0.636. The quantitative estimate of drug-likeness (QED) is 0.679. The highest BCUT2D eigenvalue weighted by Crippen LogP contribution is 2.40. The molecule has 0 radical (unpaired) electrons. The molecule has 2 nitrogen and oxygen atoms in total. The van der Waals surface area contributed by atoms with E-state index < -0.39 is 0 Å². The summed E-state index contributed by atoms with van der Waals surface area (Å²) in [5, 5.41) is 0. The third-order valence-corrected chi connectivity index (χ3v) is 2.66. The molecule has 14 heavy (non-hydrogen) atoms. The minimum atomic E-state index is -0.291. The van der Waals surface area contributed by atoms with Gasteiger partial charge >= 0.3 is 0 Å². The second-order valence-corrected chi connectivity index (χ2v) is 4.20. The molecule has 0 bridgehead atoms. The highest BCUT2D eigenvalue weighted by molar-refractivity contribution is 5.33. The largest absolute Gasteiger partial charge is 0.489 e. The van der Waals surface area contributed by atoms with Crippen LogP contribution in [0.3, 0.4) is 0 Å². The zero-order chi connectivity index (χ0) is 10.2. The summed E-state index contributed by atoms with van der Waals surface area (Å²) in [6.45, 7) is 2.55. The summed E-state index contributed by atoms with van der Waals surface area (Å²) in [6.07, 6.45) is 3.53. The van der Waals surface area contributed by atoms with Gasteiger partial charge in [-0.05, 0) is 18.6 Å². The molecule has 3 heteroatoms. The Hall–Kier alpha value is -0.830. The lowest BCUT2D eigenvalue weighted by Crippen LogP contribution is -2.29. The fourth-order valence-corrected chi connectivity index (χ4v) is 2.12. The van der Waals surface area contributed by atoms with Crippen LogP contribution in [-0.4, -0.2) is 19.3 Å². The molecule has 1 aliphatic carbocycles. The Kier molecular flexibility index (Phi) is 2.35. The molecule has 0 fully saturated rings. The zero-order valence-electron chi connectivity index (χ0n) is 8.60. The molecule has 2 aliphatic rings. The lowest BCUT2D eigenvalue weighted by Gasteiger charge is -2.24. The standard InChI is InChI=1S/C11H15FO2/c1-11(7-13-2)6-8-5-9(12)3-4-10(8)14-11/h5H,3-4,6-7H2,1-2H3. The number of hydrogen-bond donors (Lipinski definition) is 0. The molecule has 1 atom stereocenters. The normalized spacial score (nSPS) is 31.2. The summed E-state index contributed by atoms with van der Waals surface area (Å²) < 4.78 is 23.9. The highest BCUT2D eigenvalue weighted by atomic mass is 19.1. The molecule has 0 aromatic carbocycles. The van der Waals surface area contributed by atoms with Gasteiger partial charge < -0.3 is 9.47 Å². The molecule has 1 aliphatic heterocycles. The Balaban J connectivity index is 2.12. The van der Waals surface area contributed by atoms with Gasteiger partial charge in [-0.3, -0.25) is 0 Å². The van der Waals surface area contributed by atoms with Gasteiger partial charge in [-0.2, -0.15) is 0 Å². The summed E-state index contributed by atoms with van der Waals surface area (Å²) in [6, 6.07) is 0. The molecular formula is C11H15FO2. The Morgan fingerprint density at radius 1 is 1.57 bits per heavy atom. The van der Waals surface area contributed by atoms with Gasteiger partial charge in [0.1, 0.15) is 17.2 Å². The maximum absolute atomic E-state index is 13.0. The molecule has 0 amide bonds. The molecule has 0 N–H and O–H groups in total. The summed E-state index contributed by atoms with van der Waals surface area (Å²) in [7, 11) is 1.66. The summed E-state index contributed by atoms with van der Waals surface area (Å²) in [5.41, 5.74) is 0.717. The van der Waals surface area contributed by atoms with Gasteiger partial charge in [0.15, 0.2) is 0 Å². The number of methoxy groups -OCH3 is 1. The van der Waals surface area contributed by atoms with Crippen LogP contribution in [0.5, 0.6) is 0 Å². The molecule has 0 saturated carbocycles. The first kappa shape index (κ1) is 9.71. The SMILES string of the molecule is COCC1(C)CC2=C(CCC(F)=C2)O1. The van der Waals surface area contributed by atoms with Crippen LogP contribution in [0.2, 0.25) is 0 Å². The van der Waals surface area contributed by atoms with Crippen LogP contribution in [0.25, 0.3) is 0 Å². The van der Waals surface area contributed by atoms with E-state index in [1.54, 1.807) is 13.2 Å². The fourth-order valence-electron chi connectivity index (χ4n) is 2.12. The van der Waals surface area contributed by atoms with E-state index in [0.29, 0.717) is 19.4 Å². The number of hydrogen-bond acceptors (Lipinski definition) is 2. The first-order chi connectivity index (χ1) is 6.63. The molecule has 0 aromatic heterocycles. The topological polar surface area (TPSA) is 18.5 Å². The van der Waals surface area contributed by atoms with E-state index in [0.717, 1.165) is 17.8 Å². The first-order valence-corrected chi connectivity index (χ1v) is 4.89. The highest BCUT2D eigenvalue weighted by Gasteiger charge is 2.37. The predicted molar refractivity (Wildman–Crippen MR) is 51.4 cm³/mol. The van der Waals surface area contributed by atoms with Gasteiger partial charge in [-0.25, -0.2) is 4.39 Å². The predicted octanol–water partition coefficient (Wildman–Crippen LogP) is 2.71. The minimum Gasteiger partial charge on any atom is -0.489 e.